The summed E-state index contributed by atoms with van der Waals surface area (Å²) in [6.07, 6.45) is -0.257. The van der Waals surface area contributed by atoms with Crippen LogP contribution in [0.1, 0.15) is 31.4 Å². The standard InChI is InChI=1S/C22H26ClN3O4S/c1-5-25(6-2)21(27)13-19-22(28)24-17-9-7-8-10-18(17)26(19)31(29,30)20-12-14(3)16(23)11-15(20)4/h7-12,19H,5-6,13H2,1-4H3,(H,24,28). The number of nitrogens with zero attached hydrogens (tertiary/aromatic N) is 2. The molecule has 2 aromatic rings. The van der Waals surface area contributed by atoms with Gasteiger partial charge in [0.1, 0.15) is 6.04 Å². The third-order valence-electron chi connectivity index (χ3n) is 5.46. The van der Waals surface area contributed by atoms with Gasteiger partial charge in [-0.15, -0.1) is 0 Å². The van der Waals surface area contributed by atoms with Gasteiger partial charge in [0.25, 0.3) is 10.0 Å². The summed E-state index contributed by atoms with van der Waals surface area (Å²) in [4.78, 5) is 27.4. The van der Waals surface area contributed by atoms with Crippen LogP contribution in [0, 0.1) is 13.8 Å². The van der Waals surface area contributed by atoms with Gasteiger partial charge in [0.05, 0.1) is 22.7 Å². The number of rotatable bonds is 6. The molecule has 2 aromatic carbocycles. The summed E-state index contributed by atoms with van der Waals surface area (Å²) in [5, 5.41) is 3.20. The molecule has 1 aliphatic heterocycles. The predicted molar refractivity (Wildman–Crippen MR) is 122 cm³/mol. The first kappa shape index (κ1) is 23.1. The lowest BCUT2D eigenvalue weighted by Crippen LogP contribution is -2.53. The average molecular weight is 464 g/mol. The van der Waals surface area contributed by atoms with Crippen molar-refractivity contribution in [2.24, 2.45) is 0 Å². The smallest absolute Gasteiger partial charge is 0.265 e. The molecule has 0 bridgehead atoms. The van der Waals surface area contributed by atoms with Crippen molar-refractivity contribution in [3.63, 3.8) is 0 Å². The fourth-order valence-electron chi connectivity index (χ4n) is 3.74. The molecule has 2 amide bonds. The summed E-state index contributed by atoms with van der Waals surface area (Å²) in [6.45, 7) is 8.01. The normalized spacial score (nSPS) is 16.0. The number of amides is 2. The number of nitrogens with one attached hydrogen (secondary N) is 1. The number of hydrogen-bond acceptors (Lipinski definition) is 4. The topological polar surface area (TPSA) is 86.8 Å². The van der Waals surface area contributed by atoms with E-state index in [4.69, 9.17) is 11.6 Å². The molecule has 9 heteroatoms. The molecule has 0 spiro atoms. The van der Waals surface area contributed by atoms with Gasteiger partial charge in [0.2, 0.25) is 11.8 Å². The molecule has 3 rings (SSSR count). The Hall–Kier alpha value is -2.58. The lowest BCUT2D eigenvalue weighted by Gasteiger charge is -2.37. The monoisotopic (exact) mass is 463 g/mol. The summed E-state index contributed by atoms with van der Waals surface area (Å²) in [5.74, 6) is -0.820. The molecule has 1 unspecified atom stereocenters. The van der Waals surface area contributed by atoms with Gasteiger partial charge in [-0.25, -0.2) is 8.42 Å². The van der Waals surface area contributed by atoms with Crippen molar-refractivity contribution in [2.45, 2.75) is 45.1 Å². The van der Waals surface area contributed by atoms with Crippen molar-refractivity contribution in [1.82, 2.24) is 4.90 Å². The Morgan fingerprint density at radius 3 is 2.42 bits per heavy atom. The molecule has 1 atom stereocenters. The second-order valence-corrected chi connectivity index (χ2v) is 9.65. The van der Waals surface area contributed by atoms with Crippen molar-refractivity contribution in [3.8, 4) is 0 Å². The molecule has 0 saturated heterocycles. The Morgan fingerprint density at radius 2 is 1.77 bits per heavy atom. The van der Waals surface area contributed by atoms with E-state index in [9.17, 15) is 18.0 Å². The number of benzene rings is 2. The predicted octanol–water partition coefficient (Wildman–Crippen LogP) is 3.73. The Labute approximate surface area is 188 Å². The molecular formula is C22H26ClN3O4S. The van der Waals surface area contributed by atoms with E-state index < -0.39 is 22.0 Å². The van der Waals surface area contributed by atoms with Crippen LogP contribution in [0.2, 0.25) is 5.02 Å². The van der Waals surface area contributed by atoms with Gasteiger partial charge >= 0.3 is 0 Å². The van der Waals surface area contributed by atoms with E-state index in [-0.39, 0.29) is 17.2 Å². The molecule has 0 saturated carbocycles. The maximum atomic E-state index is 13.9. The number of carbonyl (C=O) groups is 2. The fourth-order valence-corrected chi connectivity index (χ4v) is 5.89. The van der Waals surface area contributed by atoms with Gasteiger partial charge in [-0.2, -0.15) is 0 Å². The van der Waals surface area contributed by atoms with Crippen molar-refractivity contribution >= 4 is 44.8 Å². The molecule has 1 aliphatic rings. The molecule has 0 fully saturated rings. The number of sulfonamides is 1. The largest absolute Gasteiger partial charge is 0.343 e. The number of anilines is 2. The highest BCUT2D eigenvalue weighted by Gasteiger charge is 2.42. The van der Waals surface area contributed by atoms with Crippen LogP contribution >= 0.6 is 11.6 Å². The molecule has 1 heterocycles. The zero-order valence-corrected chi connectivity index (χ0v) is 19.5. The van der Waals surface area contributed by atoms with E-state index in [0.29, 0.717) is 40.6 Å². The first-order valence-electron chi connectivity index (χ1n) is 10.1. The molecule has 7 nitrogen and oxygen atoms in total. The number of halogens is 1. The number of para-hydroxylation sites is 2. The molecule has 31 heavy (non-hydrogen) atoms. The average Bonchev–Trinajstić information content (AvgIpc) is 2.71. The Kier molecular flexibility index (Phi) is 6.62. The van der Waals surface area contributed by atoms with Crippen molar-refractivity contribution in [2.75, 3.05) is 22.7 Å². The summed E-state index contributed by atoms with van der Waals surface area (Å²) in [6, 6.07) is 8.56. The van der Waals surface area contributed by atoms with E-state index in [0.717, 1.165) is 4.31 Å². The van der Waals surface area contributed by atoms with Crippen LogP contribution in [0.4, 0.5) is 11.4 Å². The highest BCUT2D eigenvalue weighted by atomic mass is 35.5. The van der Waals surface area contributed by atoms with Crippen molar-refractivity contribution < 1.29 is 18.0 Å². The number of fused-ring (bicyclic) bond motifs is 1. The van der Waals surface area contributed by atoms with Gasteiger partial charge in [-0.1, -0.05) is 23.7 Å². The second kappa shape index (κ2) is 8.88. The lowest BCUT2D eigenvalue weighted by molar-refractivity contribution is -0.133. The van der Waals surface area contributed by atoms with E-state index >= 15 is 0 Å². The highest BCUT2D eigenvalue weighted by molar-refractivity contribution is 7.93. The minimum Gasteiger partial charge on any atom is -0.343 e. The second-order valence-electron chi connectivity index (χ2n) is 7.46. The lowest BCUT2D eigenvalue weighted by atomic mass is 10.1. The van der Waals surface area contributed by atoms with Crippen molar-refractivity contribution in [3.05, 3.63) is 52.5 Å². The van der Waals surface area contributed by atoms with Crippen LogP contribution in [0.15, 0.2) is 41.3 Å². The van der Waals surface area contributed by atoms with Crippen LogP contribution in [-0.2, 0) is 19.6 Å². The van der Waals surface area contributed by atoms with Gasteiger partial charge in [-0.3, -0.25) is 13.9 Å². The van der Waals surface area contributed by atoms with Gasteiger partial charge in [-0.05, 0) is 63.1 Å². The summed E-state index contributed by atoms with van der Waals surface area (Å²) < 4.78 is 28.8. The minimum absolute atomic E-state index is 0.0548. The minimum atomic E-state index is -4.17. The summed E-state index contributed by atoms with van der Waals surface area (Å²) >= 11 is 6.17. The van der Waals surface area contributed by atoms with Gasteiger partial charge in [0, 0.05) is 18.1 Å². The summed E-state index contributed by atoms with van der Waals surface area (Å²) in [7, 11) is -4.17. The van der Waals surface area contributed by atoms with Crippen molar-refractivity contribution in [1.29, 1.82) is 0 Å². The zero-order valence-electron chi connectivity index (χ0n) is 18.0. The SMILES string of the molecule is CCN(CC)C(=O)CC1C(=O)Nc2ccccc2N1S(=O)(=O)c1cc(C)c(Cl)cc1C. The Bertz CT molecular complexity index is 1130. The zero-order chi connectivity index (χ0) is 22.9. The van der Waals surface area contributed by atoms with Crippen LogP contribution in [0.25, 0.3) is 0 Å². The molecule has 1 N–H and O–H groups in total. The molecular weight excluding hydrogens is 438 g/mol. The molecule has 0 radical (unpaired) electrons. The van der Waals surface area contributed by atoms with E-state index in [1.54, 1.807) is 49.1 Å². The molecule has 0 aromatic heterocycles. The number of aryl methyl sites for hydroxylation is 2. The summed E-state index contributed by atoms with van der Waals surface area (Å²) in [5.41, 5.74) is 1.78. The van der Waals surface area contributed by atoms with Gasteiger partial charge in [0.15, 0.2) is 0 Å². The maximum Gasteiger partial charge on any atom is 0.265 e. The highest BCUT2D eigenvalue weighted by Crippen LogP contribution is 2.38. The van der Waals surface area contributed by atoms with Crippen LogP contribution in [0.5, 0.6) is 0 Å². The number of hydrogen-bond donors (Lipinski definition) is 1. The van der Waals surface area contributed by atoms with E-state index in [1.165, 1.54) is 6.07 Å². The molecule has 0 aliphatic carbocycles. The number of carbonyl (C=O) groups excluding carboxylic acids is 2. The van der Waals surface area contributed by atoms with Gasteiger partial charge < -0.3 is 10.2 Å². The first-order valence-corrected chi connectivity index (χ1v) is 11.9. The third kappa shape index (κ3) is 4.27. The fraction of sp³-hybridized carbons (Fsp3) is 0.364. The van der Waals surface area contributed by atoms with E-state index in [2.05, 4.69) is 5.32 Å². The Morgan fingerprint density at radius 1 is 1.13 bits per heavy atom. The van der Waals surface area contributed by atoms with Crippen LogP contribution in [-0.4, -0.2) is 44.3 Å². The van der Waals surface area contributed by atoms with Crippen LogP contribution in [0.3, 0.4) is 0 Å². The quantitative estimate of drug-likeness (QED) is 0.707. The maximum absolute atomic E-state index is 13.9. The third-order valence-corrected chi connectivity index (χ3v) is 7.83. The molecule has 166 valence electrons. The first-order chi connectivity index (χ1) is 14.6. The van der Waals surface area contributed by atoms with Crippen LogP contribution < -0.4 is 9.62 Å². The van der Waals surface area contributed by atoms with E-state index in [1.807, 2.05) is 13.8 Å². The Balaban J connectivity index is 2.17.